The van der Waals surface area contributed by atoms with Gasteiger partial charge >= 0.3 is 0 Å². The van der Waals surface area contributed by atoms with Crippen molar-refractivity contribution in [2.45, 2.75) is 13.0 Å². The van der Waals surface area contributed by atoms with E-state index in [9.17, 15) is 0 Å². The zero-order valence-electron chi connectivity index (χ0n) is 5.46. The largest absolute Gasteiger partial charge is 0.238 e. The molecule has 4 nitrogen and oxygen atoms in total. The first-order chi connectivity index (χ1) is 5.24. The number of halogens is 2. The standard InChI is InChI=1S/C5H4Br2N4/c6-4-9-5(7)11(10-4)3-1-2-8/h1,3H2. The summed E-state index contributed by atoms with van der Waals surface area (Å²) in [5, 5.41) is 12.3. The molecule has 0 atom stereocenters. The molecule has 0 aliphatic heterocycles. The van der Waals surface area contributed by atoms with Crippen molar-refractivity contribution < 1.29 is 0 Å². The maximum atomic E-state index is 8.29. The van der Waals surface area contributed by atoms with Crippen LogP contribution in [0.2, 0.25) is 0 Å². The lowest BCUT2D eigenvalue weighted by Crippen LogP contribution is -1.99. The number of hydrogen-bond donors (Lipinski definition) is 0. The van der Waals surface area contributed by atoms with Gasteiger partial charge in [0.15, 0.2) is 4.73 Å². The molecule has 0 spiro atoms. The van der Waals surface area contributed by atoms with E-state index in [1.807, 2.05) is 6.07 Å². The fourth-order valence-corrected chi connectivity index (χ4v) is 1.62. The summed E-state index contributed by atoms with van der Waals surface area (Å²) in [6.07, 6.45) is 0.439. The molecule has 0 bridgehead atoms. The van der Waals surface area contributed by atoms with Crippen LogP contribution in [0.1, 0.15) is 6.42 Å². The predicted octanol–water partition coefficient (Wildman–Crippen LogP) is 1.72. The molecule has 0 unspecified atom stereocenters. The Labute approximate surface area is 80.5 Å². The highest BCUT2D eigenvalue weighted by atomic mass is 79.9. The molecule has 1 aromatic heterocycles. The van der Waals surface area contributed by atoms with Gasteiger partial charge in [0.1, 0.15) is 0 Å². The van der Waals surface area contributed by atoms with E-state index in [2.05, 4.69) is 41.9 Å². The fraction of sp³-hybridized carbons (Fsp3) is 0.400. The van der Waals surface area contributed by atoms with Gasteiger partial charge in [0.05, 0.1) is 19.0 Å². The van der Waals surface area contributed by atoms with E-state index in [1.165, 1.54) is 0 Å². The normalized spacial score (nSPS) is 9.55. The summed E-state index contributed by atoms with van der Waals surface area (Å²) in [5.74, 6) is 0. The van der Waals surface area contributed by atoms with Crippen molar-refractivity contribution in [1.29, 1.82) is 5.26 Å². The highest BCUT2D eigenvalue weighted by Gasteiger charge is 2.02. The van der Waals surface area contributed by atoms with Gasteiger partial charge in [-0.2, -0.15) is 10.2 Å². The molecule has 0 aliphatic carbocycles. The van der Waals surface area contributed by atoms with E-state index >= 15 is 0 Å². The van der Waals surface area contributed by atoms with Crippen molar-refractivity contribution in [1.82, 2.24) is 14.8 Å². The second-order valence-corrected chi connectivity index (χ2v) is 3.20. The van der Waals surface area contributed by atoms with Crippen molar-refractivity contribution in [3.63, 3.8) is 0 Å². The van der Waals surface area contributed by atoms with E-state index in [1.54, 1.807) is 4.68 Å². The summed E-state index contributed by atoms with van der Waals surface area (Å²) in [4.78, 5) is 3.94. The third-order valence-electron chi connectivity index (χ3n) is 1.04. The van der Waals surface area contributed by atoms with Crippen LogP contribution in [0, 0.1) is 11.3 Å². The molecular weight excluding hydrogens is 276 g/mol. The molecule has 0 saturated heterocycles. The summed E-state index contributed by atoms with van der Waals surface area (Å²) in [6, 6.07) is 2.03. The van der Waals surface area contributed by atoms with Gasteiger partial charge in [-0.15, -0.1) is 5.10 Å². The monoisotopic (exact) mass is 278 g/mol. The van der Waals surface area contributed by atoms with Crippen LogP contribution in [0.25, 0.3) is 0 Å². The molecule has 0 N–H and O–H groups in total. The lowest BCUT2D eigenvalue weighted by molar-refractivity contribution is 0.609. The average molecular weight is 280 g/mol. The molecule has 0 fully saturated rings. The number of aryl methyl sites for hydroxylation is 1. The van der Waals surface area contributed by atoms with Gasteiger partial charge in [-0.05, 0) is 31.9 Å². The Kier molecular flexibility index (Phi) is 3.02. The number of nitriles is 1. The Morgan fingerprint density at radius 3 is 2.73 bits per heavy atom. The van der Waals surface area contributed by atoms with E-state index in [-0.39, 0.29) is 0 Å². The Morgan fingerprint density at radius 2 is 2.27 bits per heavy atom. The zero-order valence-corrected chi connectivity index (χ0v) is 8.63. The maximum absolute atomic E-state index is 8.29. The summed E-state index contributed by atoms with van der Waals surface area (Å²) in [5.41, 5.74) is 0. The van der Waals surface area contributed by atoms with Crippen LogP contribution in [-0.4, -0.2) is 14.8 Å². The van der Waals surface area contributed by atoms with Crippen molar-refractivity contribution in [2.24, 2.45) is 0 Å². The molecule has 0 radical (unpaired) electrons. The van der Waals surface area contributed by atoms with Crippen LogP contribution in [0.15, 0.2) is 9.47 Å². The number of hydrogen-bond acceptors (Lipinski definition) is 3. The van der Waals surface area contributed by atoms with Gasteiger partial charge < -0.3 is 0 Å². The summed E-state index contributed by atoms with van der Waals surface area (Å²) >= 11 is 6.32. The quantitative estimate of drug-likeness (QED) is 0.828. The zero-order chi connectivity index (χ0) is 8.27. The van der Waals surface area contributed by atoms with Crippen LogP contribution in [0.4, 0.5) is 0 Å². The third kappa shape index (κ3) is 2.27. The fourth-order valence-electron chi connectivity index (χ4n) is 0.595. The Morgan fingerprint density at radius 1 is 1.55 bits per heavy atom. The first-order valence-corrected chi connectivity index (χ1v) is 4.45. The van der Waals surface area contributed by atoms with E-state index in [0.29, 0.717) is 22.4 Å². The van der Waals surface area contributed by atoms with Crippen LogP contribution >= 0.6 is 31.9 Å². The molecule has 0 aromatic carbocycles. The van der Waals surface area contributed by atoms with E-state index in [4.69, 9.17) is 5.26 Å². The first-order valence-electron chi connectivity index (χ1n) is 2.87. The van der Waals surface area contributed by atoms with Crippen molar-refractivity contribution in [2.75, 3.05) is 0 Å². The highest BCUT2D eigenvalue weighted by molar-refractivity contribution is 9.11. The molecular formula is C5H4Br2N4. The summed E-state index contributed by atoms with van der Waals surface area (Å²) < 4.78 is 2.79. The molecule has 1 aromatic rings. The minimum Gasteiger partial charge on any atom is -0.238 e. The van der Waals surface area contributed by atoms with Crippen LogP contribution < -0.4 is 0 Å². The van der Waals surface area contributed by atoms with Gasteiger partial charge in [0.2, 0.25) is 4.73 Å². The van der Waals surface area contributed by atoms with Crippen molar-refractivity contribution >= 4 is 31.9 Å². The van der Waals surface area contributed by atoms with Crippen LogP contribution in [0.5, 0.6) is 0 Å². The Hall–Kier alpha value is -0.410. The second-order valence-electron chi connectivity index (χ2n) is 1.78. The highest BCUT2D eigenvalue weighted by Crippen LogP contribution is 2.10. The molecule has 0 saturated carbocycles. The van der Waals surface area contributed by atoms with Gasteiger partial charge in [-0.25, -0.2) is 4.68 Å². The maximum Gasteiger partial charge on any atom is 0.218 e. The molecule has 11 heavy (non-hydrogen) atoms. The number of rotatable bonds is 2. The van der Waals surface area contributed by atoms with Crippen molar-refractivity contribution in [3.05, 3.63) is 9.47 Å². The summed E-state index contributed by atoms with van der Waals surface area (Å²) in [6.45, 7) is 0.565. The van der Waals surface area contributed by atoms with Gasteiger partial charge in [0.25, 0.3) is 0 Å². The lowest BCUT2D eigenvalue weighted by Gasteiger charge is -1.94. The molecule has 6 heteroatoms. The van der Waals surface area contributed by atoms with Crippen molar-refractivity contribution in [3.8, 4) is 6.07 Å². The number of nitrogens with zero attached hydrogens (tertiary/aromatic N) is 4. The SMILES string of the molecule is N#CCCn1nc(Br)nc1Br. The minimum atomic E-state index is 0.439. The van der Waals surface area contributed by atoms with E-state index < -0.39 is 0 Å². The lowest BCUT2D eigenvalue weighted by atomic mass is 10.5. The summed E-state index contributed by atoms with van der Waals surface area (Å²) in [7, 11) is 0. The van der Waals surface area contributed by atoms with Gasteiger partial charge in [-0.1, -0.05) is 0 Å². The molecule has 0 amide bonds. The van der Waals surface area contributed by atoms with Crippen LogP contribution in [-0.2, 0) is 6.54 Å². The first kappa shape index (κ1) is 8.68. The Bertz CT molecular complexity index is 287. The second kappa shape index (κ2) is 3.83. The average Bonchev–Trinajstić information content (AvgIpc) is 2.26. The third-order valence-corrected chi connectivity index (χ3v) is 1.96. The predicted molar refractivity (Wildman–Crippen MR) is 45.7 cm³/mol. The van der Waals surface area contributed by atoms with Crippen LogP contribution in [0.3, 0.4) is 0 Å². The Balaban J connectivity index is 2.71. The molecule has 0 aliphatic rings. The minimum absolute atomic E-state index is 0.439. The smallest absolute Gasteiger partial charge is 0.218 e. The van der Waals surface area contributed by atoms with E-state index in [0.717, 1.165) is 0 Å². The molecule has 1 rings (SSSR count). The number of aromatic nitrogens is 3. The van der Waals surface area contributed by atoms with Gasteiger partial charge in [-0.3, -0.25) is 0 Å². The topological polar surface area (TPSA) is 54.5 Å². The molecule has 1 heterocycles. The molecule has 58 valence electrons. The van der Waals surface area contributed by atoms with Gasteiger partial charge in [0, 0.05) is 0 Å².